The van der Waals surface area contributed by atoms with E-state index >= 15 is 0 Å². The Morgan fingerprint density at radius 2 is 1.66 bits per heavy atom. The summed E-state index contributed by atoms with van der Waals surface area (Å²) >= 11 is 0. The van der Waals surface area contributed by atoms with Gasteiger partial charge in [0.15, 0.2) is 23.0 Å². The lowest BCUT2D eigenvalue weighted by atomic mass is 10.0. The molecule has 5 rings (SSSR count). The third-order valence-corrected chi connectivity index (χ3v) is 5.75. The first-order valence-corrected chi connectivity index (χ1v) is 10.8. The van der Waals surface area contributed by atoms with Gasteiger partial charge in [-0.3, -0.25) is 15.0 Å². The minimum atomic E-state index is -0.583. The van der Waals surface area contributed by atoms with Gasteiger partial charge in [0.25, 0.3) is 0 Å². The van der Waals surface area contributed by atoms with Crippen LogP contribution in [0.15, 0.2) is 36.4 Å². The molecule has 2 aromatic carbocycles. The van der Waals surface area contributed by atoms with E-state index in [4.69, 9.17) is 18.9 Å². The van der Waals surface area contributed by atoms with E-state index < -0.39 is 6.03 Å². The van der Waals surface area contributed by atoms with E-state index in [1.54, 1.807) is 18.2 Å². The van der Waals surface area contributed by atoms with Gasteiger partial charge < -0.3 is 24.3 Å². The molecular weight excluding hydrogens is 414 g/mol. The Morgan fingerprint density at radius 3 is 2.56 bits per heavy atom. The van der Waals surface area contributed by atoms with Crippen LogP contribution in [-0.2, 0) is 4.79 Å². The molecule has 0 spiro atoms. The largest absolute Gasteiger partial charge is 0.490 e. The quantitative estimate of drug-likeness (QED) is 0.756. The van der Waals surface area contributed by atoms with Gasteiger partial charge in [-0.2, -0.15) is 0 Å². The van der Waals surface area contributed by atoms with Crippen molar-refractivity contribution < 1.29 is 28.5 Å². The molecule has 1 unspecified atom stereocenters. The molecule has 32 heavy (non-hydrogen) atoms. The molecule has 1 saturated heterocycles. The fourth-order valence-electron chi connectivity index (χ4n) is 4.27. The number of amides is 3. The maximum absolute atomic E-state index is 12.5. The van der Waals surface area contributed by atoms with E-state index in [2.05, 4.69) is 15.5 Å². The van der Waals surface area contributed by atoms with Crippen molar-refractivity contribution in [2.24, 2.45) is 0 Å². The van der Waals surface area contributed by atoms with E-state index in [9.17, 15) is 9.59 Å². The van der Waals surface area contributed by atoms with E-state index in [-0.39, 0.29) is 25.3 Å². The van der Waals surface area contributed by atoms with Crippen molar-refractivity contribution in [3.05, 3.63) is 42.0 Å². The second kappa shape index (κ2) is 8.96. The SMILES string of the molecule is O=C(CN1CCCC1c1ccc2c(c1)OCCCO2)NC(=O)Nc1ccc2c(c1)OCO2. The van der Waals surface area contributed by atoms with Crippen molar-refractivity contribution >= 4 is 17.6 Å². The zero-order valence-corrected chi connectivity index (χ0v) is 17.6. The maximum Gasteiger partial charge on any atom is 0.325 e. The monoisotopic (exact) mass is 439 g/mol. The zero-order valence-electron chi connectivity index (χ0n) is 17.6. The second-order valence-electron chi connectivity index (χ2n) is 7.96. The number of rotatable bonds is 4. The topological polar surface area (TPSA) is 98.4 Å². The van der Waals surface area contributed by atoms with Crippen LogP contribution in [-0.4, -0.2) is 49.9 Å². The van der Waals surface area contributed by atoms with Crippen molar-refractivity contribution in [1.82, 2.24) is 10.2 Å². The van der Waals surface area contributed by atoms with Crippen LogP contribution >= 0.6 is 0 Å². The lowest BCUT2D eigenvalue weighted by Crippen LogP contribution is -2.41. The highest BCUT2D eigenvalue weighted by atomic mass is 16.7. The molecule has 0 aromatic heterocycles. The zero-order chi connectivity index (χ0) is 21.9. The molecule has 9 nitrogen and oxygen atoms in total. The van der Waals surface area contributed by atoms with Crippen molar-refractivity contribution in [2.45, 2.75) is 25.3 Å². The number of nitrogens with zero attached hydrogens (tertiary/aromatic N) is 1. The van der Waals surface area contributed by atoms with Crippen molar-refractivity contribution in [3.63, 3.8) is 0 Å². The summed E-state index contributed by atoms with van der Waals surface area (Å²) in [5.74, 6) is 2.34. The van der Waals surface area contributed by atoms with Gasteiger partial charge in [-0.15, -0.1) is 0 Å². The van der Waals surface area contributed by atoms with Gasteiger partial charge in [-0.25, -0.2) is 4.79 Å². The minimum absolute atomic E-state index is 0.0924. The normalized spacial score (nSPS) is 19.3. The Bertz CT molecular complexity index is 1030. The van der Waals surface area contributed by atoms with Gasteiger partial charge in [-0.1, -0.05) is 6.07 Å². The maximum atomic E-state index is 12.5. The number of ether oxygens (including phenoxy) is 4. The molecule has 3 amide bonds. The molecule has 1 atom stereocenters. The Hall–Kier alpha value is -3.46. The van der Waals surface area contributed by atoms with Gasteiger partial charge in [0.2, 0.25) is 12.7 Å². The van der Waals surface area contributed by atoms with E-state index in [1.165, 1.54) is 0 Å². The number of imide groups is 1. The van der Waals surface area contributed by atoms with Crippen LogP contribution in [0.3, 0.4) is 0 Å². The lowest BCUT2D eigenvalue weighted by molar-refractivity contribution is -0.121. The average molecular weight is 439 g/mol. The average Bonchev–Trinajstić information content (AvgIpc) is 3.36. The molecule has 3 aliphatic rings. The van der Waals surface area contributed by atoms with Crippen LogP contribution in [0.25, 0.3) is 0 Å². The number of hydrogen-bond acceptors (Lipinski definition) is 7. The summed E-state index contributed by atoms with van der Waals surface area (Å²) < 4.78 is 22.1. The molecule has 0 bridgehead atoms. The summed E-state index contributed by atoms with van der Waals surface area (Å²) in [7, 11) is 0. The lowest BCUT2D eigenvalue weighted by Gasteiger charge is -2.24. The number of nitrogens with one attached hydrogen (secondary N) is 2. The van der Waals surface area contributed by atoms with E-state index in [0.717, 1.165) is 42.9 Å². The minimum Gasteiger partial charge on any atom is -0.490 e. The van der Waals surface area contributed by atoms with Crippen LogP contribution in [0.4, 0.5) is 10.5 Å². The van der Waals surface area contributed by atoms with Crippen molar-refractivity contribution in [2.75, 3.05) is 38.4 Å². The van der Waals surface area contributed by atoms with E-state index in [1.807, 2.05) is 18.2 Å². The van der Waals surface area contributed by atoms with E-state index in [0.29, 0.717) is 30.4 Å². The fourth-order valence-corrected chi connectivity index (χ4v) is 4.27. The molecule has 0 saturated carbocycles. The van der Waals surface area contributed by atoms with Crippen LogP contribution in [0.1, 0.15) is 30.9 Å². The standard InChI is InChI=1S/C23H25N3O6/c27-22(25-23(28)24-16-5-7-19-21(12-16)32-14-31-19)13-26-8-1-3-17(26)15-4-6-18-20(11-15)30-10-2-9-29-18/h4-7,11-12,17H,1-3,8-10,13-14H2,(H2,24,25,27,28). The molecule has 2 N–H and O–H groups in total. The molecule has 0 aliphatic carbocycles. The second-order valence-corrected chi connectivity index (χ2v) is 7.96. The number of fused-ring (bicyclic) bond motifs is 2. The van der Waals surface area contributed by atoms with Gasteiger partial charge in [-0.05, 0) is 49.2 Å². The Kier molecular flexibility index (Phi) is 5.72. The van der Waals surface area contributed by atoms with Crippen LogP contribution in [0.5, 0.6) is 23.0 Å². The number of hydrogen-bond donors (Lipinski definition) is 2. The third kappa shape index (κ3) is 4.43. The number of urea groups is 1. The Labute approximate surface area is 185 Å². The molecular formula is C23H25N3O6. The predicted molar refractivity (Wildman–Crippen MR) is 115 cm³/mol. The summed E-state index contributed by atoms with van der Waals surface area (Å²) in [6.07, 6.45) is 2.78. The fraction of sp³-hybridized carbons (Fsp3) is 0.391. The summed E-state index contributed by atoms with van der Waals surface area (Å²) in [4.78, 5) is 26.9. The third-order valence-electron chi connectivity index (χ3n) is 5.75. The number of carbonyl (C=O) groups is 2. The van der Waals surface area contributed by atoms with Gasteiger partial charge >= 0.3 is 6.03 Å². The highest BCUT2D eigenvalue weighted by molar-refractivity contribution is 6.01. The number of benzene rings is 2. The summed E-state index contributed by atoms with van der Waals surface area (Å²) in [6.45, 7) is 2.36. The number of carbonyl (C=O) groups excluding carboxylic acids is 2. The van der Waals surface area contributed by atoms with Crippen molar-refractivity contribution in [1.29, 1.82) is 0 Å². The summed E-state index contributed by atoms with van der Waals surface area (Å²) in [6, 6.07) is 10.5. The van der Waals surface area contributed by atoms with Gasteiger partial charge in [0, 0.05) is 24.2 Å². The van der Waals surface area contributed by atoms with Crippen LogP contribution < -0.4 is 29.6 Å². The molecule has 0 radical (unpaired) electrons. The molecule has 2 aromatic rings. The highest BCUT2D eigenvalue weighted by Crippen LogP contribution is 2.38. The first-order valence-electron chi connectivity index (χ1n) is 10.8. The molecule has 168 valence electrons. The highest BCUT2D eigenvalue weighted by Gasteiger charge is 2.29. The van der Waals surface area contributed by atoms with Crippen LogP contribution in [0, 0.1) is 0 Å². The number of likely N-dealkylation sites (tertiary alicyclic amines) is 1. The molecule has 3 aliphatic heterocycles. The van der Waals surface area contributed by atoms with Crippen LogP contribution in [0.2, 0.25) is 0 Å². The summed E-state index contributed by atoms with van der Waals surface area (Å²) in [5, 5.41) is 5.06. The van der Waals surface area contributed by atoms with Gasteiger partial charge in [0.1, 0.15) is 0 Å². The van der Waals surface area contributed by atoms with Gasteiger partial charge in [0.05, 0.1) is 19.8 Å². The molecule has 3 heterocycles. The smallest absolute Gasteiger partial charge is 0.325 e. The first kappa shape index (κ1) is 20.4. The molecule has 9 heteroatoms. The summed E-state index contributed by atoms with van der Waals surface area (Å²) in [5.41, 5.74) is 1.61. The van der Waals surface area contributed by atoms with Crippen molar-refractivity contribution in [3.8, 4) is 23.0 Å². The Morgan fingerprint density at radius 1 is 0.906 bits per heavy atom. The first-order chi connectivity index (χ1) is 15.7. The molecule has 1 fully saturated rings. The Balaban J connectivity index is 1.18. The predicted octanol–water partition coefficient (Wildman–Crippen LogP) is 3.06. The number of anilines is 1.